The van der Waals surface area contributed by atoms with Gasteiger partial charge in [-0.1, -0.05) is 0 Å². The molecule has 2 heterocycles. The number of hydrogen-bond donors (Lipinski definition) is 3. The van der Waals surface area contributed by atoms with Crippen molar-refractivity contribution in [2.24, 2.45) is 5.73 Å². The number of aromatic nitrogens is 2. The van der Waals surface area contributed by atoms with Gasteiger partial charge < -0.3 is 25.4 Å². The van der Waals surface area contributed by atoms with E-state index in [0.717, 1.165) is 0 Å². The molecular weight excluding hydrogens is 372 g/mol. The molecule has 0 saturated heterocycles. The molecule has 150 valence electrons. The van der Waals surface area contributed by atoms with Crippen molar-refractivity contribution in [2.75, 3.05) is 13.7 Å². The average molecular weight is 394 g/mol. The summed E-state index contributed by atoms with van der Waals surface area (Å²) in [4.78, 5) is 8.91. The fourth-order valence-corrected chi connectivity index (χ4v) is 3.39. The molecule has 1 aromatic carbocycles. The van der Waals surface area contributed by atoms with Crippen LogP contribution in [0.5, 0.6) is 11.6 Å². The monoisotopic (exact) mass is 394 g/mol. The highest BCUT2D eigenvalue weighted by Gasteiger charge is 2.25. The molecule has 0 amide bonds. The summed E-state index contributed by atoms with van der Waals surface area (Å²) in [7, 11) is 1.50. The van der Waals surface area contributed by atoms with E-state index < -0.39 is 6.23 Å². The Balaban J connectivity index is 2.56. The predicted molar refractivity (Wildman–Crippen MR) is 107 cm³/mol. The molecule has 4 N–H and O–H groups in total. The number of aliphatic hydroxyl groups excluding tert-OH is 2. The Labute approximate surface area is 168 Å². The van der Waals surface area contributed by atoms with Crippen molar-refractivity contribution in [2.45, 2.75) is 26.7 Å². The molecular formula is C21H22N4O4. The molecule has 3 rings (SSSR count). The van der Waals surface area contributed by atoms with Crippen LogP contribution >= 0.6 is 0 Å². The first-order valence-electron chi connectivity index (χ1n) is 9.04. The molecule has 2 aromatic heterocycles. The van der Waals surface area contributed by atoms with Gasteiger partial charge in [0.05, 0.1) is 42.9 Å². The first-order valence-corrected chi connectivity index (χ1v) is 9.04. The van der Waals surface area contributed by atoms with Crippen LogP contribution in [0.4, 0.5) is 0 Å². The molecule has 0 aliphatic carbocycles. The lowest BCUT2D eigenvalue weighted by molar-refractivity contribution is 0.186. The van der Waals surface area contributed by atoms with Crippen molar-refractivity contribution < 1.29 is 19.7 Å². The van der Waals surface area contributed by atoms with E-state index in [0.29, 0.717) is 62.7 Å². The van der Waals surface area contributed by atoms with Gasteiger partial charge in [-0.05, 0) is 32.0 Å². The zero-order valence-electron chi connectivity index (χ0n) is 16.4. The number of rotatable bonds is 6. The van der Waals surface area contributed by atoms with E-state index in [1.54, 1.807) is 25.1 Å². The lowest BCUT2D eigenvalue weighted by Gasteiger charge is -2.21. The van der Waals surface area contributed by atoms with Gasteiger partial charge in [0.25, 0.3) is 0 Å². The van der Waals surface area contributed by atoms with Crippen LogP contribution in [0.25, 0.3) is 22.0 Å². The predicted octanol–water partition coefficient (Wildman–Crippen LogP) is 2.33. The average Bonchev–Trinajstić information content (AvgIpc) is 2.72. The maximum Gasteiger partial charge on any atom is 0.223 e. The maximum absolute atomic E-state index is 10.4. The van der Waals surface area contributed by atoms with Gasteiger partial charge in [0, 0.05) is 34.1 Å². The fourth-order valence-electron chi connectivity index (χ4n) is 3.39. The zero-order chi connectivity index (χ0) is 21.1. The third-order valence-corrected chi connectivity index (χ3v) is 4.63. The van der Waals surface area contributed by atoms with Crippen molar-refractivity contribution in [3.8, 4) is 28.8 Å². The quantitative estimate of drug-likeness (QED) is 0.542. The van der Waals surface area contributed by atoms with Crippen molar-refractivity contribution in [3.63, 3.8) is 0 Å². The molecule has 0 aliphatic rings. The number of aryl methyl sites for hydroxylation is 1. The Morgan fingerprint density at radius 1 is 1.34 bits per heavy atom. The van der Waals surface area contributed by atoms with Crippen LogP contribution in [0.3, 0.4) is 0 Å². The van der Waals surface area contributed by atoms with Crippen molar-refractivity contribution in [3.05, 3.63) is 46.8 Å². The lowest BCUT2D eigenvalue weighted by atomic mass is 9.92. The number of pyridine rings is 2. The standard InChI is InChI=1S/C21H22N4O4/c1-4-29-21-18-17(14-6-5-12(8-22)7-15(14)28-3)16(20(23)27)11(2)25-19(18)13(10-26)9-24-21/h5-7,9,20,26-27H,4,10,23H2,1-3H3. The van der Waals surface area contributed by atoms with E-state index in [4.69, 9.17) is 15.2 Å². The van der Waals surface area contributed by atoms with E-state index in [1.807, 2.05) is 6.92 Å². The summed E-state index contributed by atoms with van der Waals surface area (Å²) in [6.45, 7) is 3.65. The van der Waals surface area contributed by atoms with E-state index in [1.165, 1.54) is 13.3 Å². The minimum atomic E-state index is -1.32. The van der Waals surface area contributed by atoms with Crippen molar-refractivity contribution in [1.82, 2.24) is 9.97 Å². The molecule has 0 bridgehead atoms. The van der Waals surface area contributed by atoms with Crippen LogP contribution in [0.2, 0.25) is 0 Å². The lowest BCUT2D eigenvalue weighted by Crippen LogP contribution is -2.14. The maximum atomic E-state index is 10.4. The highest BCUT2D eigenvalue weighted by molar-refractivity contribution is 6.02. The van der Waals surface area contributed by atoms with Gasteiger partial charge >= 0.3 is 0 Å². The number of hydrogen-bond acceptors (Lipinski definition) is 8. The van der Waals surface area contributed by atoms with Gasteiger partial charge in [0.1, 0.15) is 12.0 Å². The van der Waals surface area contributed by atoms with Gasteiger partial charge in [-0.15, -0.1) is 0 Å². The number of nitrogens with two attached hydrogens (primary N) is 1. The molecule has 0 aliphatic heterocycles. The minimum Gasteiger partial charge on any atom is -0.496 e. The number of benzene rings is 1. The first kappa shape index (κ1) is 20.5. The van der Waals surface area contributed by atoms with Gasteiger partial charge in [-0.3, -0.25) is 4.98 Å². The molecule has 1 unspecified atom stereocenters. The second-order valence-corrected chi connectivity index (χ2v) is 6.36. The molecule has 0 fully saturated rings. The van der Waals surface area contributed by atoms with Crippen LogP contribution in [0.15, 0.2) is 24.4 Å². The Morgan fingerprint density at radius 3 is 2.69 bits per heavy atom. The molecule has 1 atom stereocenters. The highest BCUT2D eigenvalue weighted by atomic mass is 16.5. The second kappa shape index (κ2) is 8.41. The van der Waals surface area contributed by atoms with Crippen molar-refractivity contribution >= 4 is 10.9 Å². The summed E-state index contributed by atoms with van der Waals surface area (Å²) < 4.78 is 11.2. The number of nitriles is 1. The van der Waals surface area contributed by atoms with E-state index >= 15 is 0 Å². The Kier molecular flexibility index (Phi) is 5.94. The third-order valence-electron chi connectivity index (χ3n) is 4.63. The number of ether oxygens (including phenoxy) is 2. The van der Waals surface area contributed by atoms with Crippen LogP contribution in [-0.2, 0) is 6.61 Å². The fraction of sp³-hybridized carbons (Fsp3) is 0.286. The smallest absolute Gasteiger partial charge is 0.223 e. The first-order chi connectivity index (χ1) is 14.0. The Hall–Kier alpha value is -3.25. The molecule has 0 spiro atoms. The minimum absolute atomic E-state index is 0.267. The molecule has 3 aromatic rings. The number of aliphatic hydroxyl groups is 2. The number of nitrogens with zero attached hydrogens (tertiary/aromatic N) is 3. The number of fused-ring (bicyclic) bond motifs is 1. The SMILES string of the molecule is CCOc1ncc(CO)c2nc(C)c(C(N)O)c(-c3ccc(C#N)cc3OC)c12. The van der Waals surface area contributed by atoms with Gasteiger partial charge in [-0.2, -0.15) is 5.26 Å². The topological polar surface area (TPSA) is 135 Å². The molecule has 29 heavy (non-hydrogen) atoms. The third kappa shape index (κ3) is 3.59. The zero-order valence-corrected chi connectivity index (χ0v) is 16.4. The molecule has 0 saturated carbocycles. The summed E-state index contributed by atoms with van der Waals surface area (Å²) in [6, 6.07) is 7.05. The van der Waals surface area contributed by atoms with Crippen LogP contribution in [0.1, 0.15) is 35.5 Å². The normalized spacial score (nSPS) is 11.9. The molecule has 0 radical (unpaired) electrons. The largest absolute Gasteiger partial charge is 0.496 e. The summed E-state index contributed by atoms with van der Waals surface area (Å²) in [5.41, 5.74) is 9.35. The van der Waals surface area contributed by atoms with E-state index in [-0.39, 0.29) is 6.61 Å². The summed E-state index contributed by atoms with van der Waals surface area (Å²) in [5, 5.41) is 29.9. The Bertz CT molecular complexity index is 1110. The van der Waals surface area contributed by atoms with Gasteiger partial charge in [0.2, 0.25) is 5.88 Å². The van der Waals surface area contributed by atoms with Crippen LogP contribution in [-0.4, -0.2) is 33.9 Å². The van der Waals surface area contributed by atoms with E-state index in [2.05, 4.69) is 16.0 Å². The van der Waals surface area contributed by atoms with Gasteiger partial charge in [-0.25, -0.2) is 4.98 Å². The second-order valence-electron chi connectivity index (χ2n) is 6.36. The summed E-state index contributed by atoms with van der Waals surface area (Å²) in [6.07, 6.45) is 0.187. The summed E-state index contributed by atoms with van der Waals surface area (Å²) >= 11 is 0. The van der Waals surface area contributed by atoms with Crippen molar-refractivity contribution in [1.29, 1.82) is 5.26 Å². The van der Waals surface area contributed by atoms with Crippen LogP contribution in [0, 0.1) is 18.3 Å². The molecule has 8 heteroatoms. The highest BCUT2D eigenvalue weighted by Crippen LogP contribution is 2.43. The van der Waals surface area contributed by atoms with E-state index in [9.17, 15) is 15.5 Å². The van der Waals surface area contributed by atoms with Gasteiger partial charge in [0.15, 0.2) is 0 Å². The molecule has 8 nitrogen and oxygen atoms in total. The summed E-state index contributed by atoms with van der Waals surface area (Å²) in [5.74, 6) is 0.727. The Morgan fingerprint density at radius 2 is 2.10 bits per heavy atom. The number of methoxy groups -OCH3 is 1. The van der Waals surface area contributed by atoms with Crippen LogP contribution < -0.4 is 15.2 Å².